The highest BCUT2D eigenvalue weighted by Crippen LogP contribution is 2.25. The maximum absolute atomic E-state index is 12.3. The minimum atomic E-state index is -0.607. The molecule has 0 aliphatic rings. The lowest BCUT2D eigenvalue weighted by Crippen LogP contribution is -2.37. The second-order valence-corrected chi connectivity index (χ2v) is 9.36. The van der Waals surface area contributed by atoms with Crippen molar-refractivity contribution in [1.29, 1.82) is 0 Å². The van der Waals surface area contributed by atoms with E-state index < -0.39 is 17.7 Å². The van der Waals surface area contributed by atoms with E-state index in [1.807, 2.05) is 45.9 Å². The van der Waals surface area contributed by atoms with Gasteiger partial charge in [-0.2, -0.15) is 0 Å². The molecule has 0 saturated heterocycles. The van der Waals surface area contributed by atoms with Gasteiger partial charge in [0, 0.05) is 5.69 Å². The van der Waals surface area contributed by atoms with Gasteiger partial charge in [-0.25, -0.2) is 4.79 Å². The van der Waals surface area contributed by atoms with Crippen molar-refractivity contribution in [1.82, 2.24) is 15.5 Å². The number of ether oxygens (including phenoxy) is 1. The predicted octanol–water partition coefficient (Wildman–Crippen LogP) is 4.64. The van der Waals surface area contributed by atoms with Gasteiger partial charge in [0.05, 0.1) is 5.75 Å². The third-order valence-electron chi connectivity index (χ3n) is 4.02. The zero-order valence-electron chi connectivity index (χ0n) is 18.5. The lowest BCUT2D eigenvalue weighted by atomic mass is 10.1. The molecule has 1 atom stereocenters. The van der Waals surface area contributed by atoms with Crippen molar-refractivity contribution in [2.45, 2.75) is 65.3 Å². The fourth-order valence-corrected chi connectivity index (χ4v) is 3.11. The number of carbonyl (C=O) groups is 2. The number of alkyl carbamates (subject to hydrolysis) is 1. The van der Waals surface area contributed by atoms with E-state index in [0.717, 1.165) is 28.6 Å². The molecule has 30 heavy (non-hydrogen) atoms. The molecule has 0 aliphatic heterocycles. The van der Waals surface area contributed by atoms with Crippen molar-refractivity contribution in [3.8, 4) is 0 Å². The van der Waals surface area contributed by atoms with Crippen LogP contribution in [0.25, 0.3) is 0 Å². The molecular weight excluding hydrogens is 404 g/mol. The first kappa shape index (κ1) is 23.7. The van der Waals surface area contributed by atoms with Gasteiger partial charge in [0.1, 0.15) is 11.6 Å². The van der Waals surface area contributed by atoms with Crippen molar-refractivity contribution < 1.29 is 18.7 Å². The van der Waals surface area contributed by atoms with Crippen LogP contribution < -0.4 is 10.6 Å². The second kappa shape index (κ2) is 9.97. The molecule has 2 amide bonds. The average molecular weight is 435 g/mol. The molecule has 2 rings (SSSR count). The lowest BCUT2D eigenvalue weighted by molar-refractivity contribution is -0.113. The molecule has 0 aliphatic carbocycles. The number of aromatic nitrogens is 2. The number of thioether (sulfide) groups is 1. The Hall–Kier alpha value is -2.55. The second-order valence-electron chi connectivity index (χ2n) is 8.43. The van der Waals surface area contributed by atoms with E-state index in [4.69, 9.17) is 9.15 Å². The van der Waals surface area contributed by atoms with Crippen LogP contribution in [0, 0.1) is 19.8 Å². The zero-order valence-corrected chi connectivity index (χ0v) is 19.3. The minimum absolute atomic E-state index is 0.00316. The maximum Gasteiger partial charge on any atom is 0.408 e. The van der Waals surface area contributed by atoms with Gasteiger partial charge in [-0.15, -0.1) is 10.2 Å². The van der Waals surface area contributed by atoms with E-state index in [9.17, 15) is 9.59 Å². The highest BCUT2D eigenvalue weighted by molar-refractivity contribution is 7.99. The van der Waals surface area contributed by atoms with Crippen molar-refractivity contribution in [2.24, 2.45) is 5.92 Å². The Balaban J connectivity index is 1.96. The molecule has 0 radical (unpaired) electrons. The van der Waals surface area contributed by atoms with E-state index in [2.05, 4.69) is 20.8 Å². The van der Waals surface area contributed by atoms with Crippen LogP contribution in [0.4, 0.5) is 10.5 Å². The van der Waals surface area contributed by atoms with Gasteiger partial charge < -0.3 is 19.8 Å². The van der Waals surface area contributed by atoms with Gasteiger partial charge in [0.15, 0.2) is 0 Å². The molecule has 0 fully saturated rings. The average Bonchev–Trinajstić information content (AvgIpc) is 3.08. The molecule has 1 aromatic carbocycles. The molecule has 1 aromatic heterocycles. The summed E-state index contributed by atoms with van der Waals surface area (Å²) in [4.78, 5) is 24.4. The van der Waals surface area contributed by atoms with E-state index >= 15 is 0 Å². The zero-order chi connectivity index (χ0) is 22.5. The summed E-state index contributed by atoms with van der Waals surface area (Å²) in [5, 5.41) is 13.9. The Morgan fingerprint density at radius 3 is 2.53 bits per heavy atom. The number of rotatable bonds is 7. The van der Waals surface area contributed by atoms with Crippen LogP contribution in [0.3, 0.4) is 0 Å². The van der Waals surface area contributed by atoms with Gasteiger partial charge >= 0.3 is 6.09 Å². The molecule has 2 N–H and O–H groups in total. The molecule has 0 bridgehead atoms. The number of hydrogen-bond acceptors (Lipinski definition) is 7. The van der Waals surface area contributed by atoms with Crippen molar-refractivity contribution in [3.63, 3.8) is 0 Å². The van der Waals surface area contributed by atoms with Crippen molar-refractivity contribution in [2.75, 3.05) is 11.1 Å². The quantitative estimate of drug-likeness (QED) is 0.611. The maximum atomic E-state index is 12.3. The van der Waals surface area contributed by atoms with Crippen LogP contribution in [0.15, 0.2) is 27.8 Å². The van der Waals surface area contributed by atoms with Crippen LogP contribution in [-0.2, 0) is 9.53 Å². The lowest BCUT2D eigenvalue weighted by Gasteiger charge is -2.23. The number of aryl methyl sites for hydroxylation is 2. The third-order valence-corrected chi connectivity index (χ3v) is 4.84. The molecule has 9 heteroatoms. The summed E-state index contributed by atoms with van der Waals surface area (Å²) < 4.78 is 11.0. The van der Waals surface area contributed by atoms with E-state index in [1.54, 1.807) is 20.8 Å². The van der Waals surface area contributed by atoms with Crippen LogP contribution >= 0.6 is 11.8 Å². The minimum Gasteiger partial charge on any atom is -0.444 e. The fraction of sp³-hybridized carbons (Fsp3) is 0.524. The number of nitrogens with one attached hydrogen (secondary N) is 2. The number of nitrogens with zero attached hydrogens (tertiary/aromatic N) is 2. The summed E-state index contributed by atoms with van der Waals surface area (Å²) in [5.74, 6) is 0.235. The van der Waals surface area contributed by atoms with Crippen LogP contribution in [0.1, 0.15) is 57.7 Å². The third kappa shape index (κ3) is 7.37. The Morgan fingerprint density at radius 2 is 1.90 bits per heavy atom. The molecule has 0 spiro atoms. The number of amides is 2. The van der Waals surface area contributed by atoms with Crippen molar-refractivity contribution in [3.05, 3.63) is 35.2 Å². The summed E-state index contributed by atoms with van der Waals surface area (Å²) in [6.45, 7) is 13.1. The number of carbonyl (C=O) groups excluding carboxylic acids is 2. The van der Waals surface area contributed by atoms with E-state index in [1.165, 1.54) is 0 Å². The first-order valence-corrected chi connectivity index (χ1v) is 10.8. The standard InChI is InChI=1S/C21H30N4O4S/c1-12(2)17(23-19(27)29-21(5,6)7)18-24-25-20(28-18)30-11-16(26)22-15-10-13(3)8-9-14(15)4/h8-10,12,17H,11H2,1-7H3,(H,22,26)(H,23,27)/t17-/m1/s1. The number of anilines is 1. The van der Waals surface area contributed by atoms with E-state index in [-0.39, 0.29) is 28.7 Å². The summed E-state index contributed by atoms with van der Waals surface area (Å²) >= 11 is 1.14. The van der Waals surface area contributed by atoms with Crippen LogP contribution in [-0.4, -0.2) is 33.6 Å². The Kier molecular flexibility index (Phi) is 7.89. The number of benzene rings is 1. The molecule has 0 unspecified atom stereocenters. The Morgan fingerprint density at radius 1 is 1.20 bits per heavy atom. The van der Waals surface area contributed by atoms with Crippen LogP contribution in [0.2, 0.25) is 0 Å². The molecular formula is C21H30N4O4S. The summed E-state index contributed by atoms with van der Waals surface area (Å²) in [6.07, 6.45) is -0.554. The highest BCUT2D eigenvalue weighted by atomic mass is 32.2. The van der Waals surface area contributed by atoms with Gasteiger partial charge in [-0.1, -0.05) is 37.7 Å². The fourth-order valence-electron chi connectivity index (χ4n) is 2.54. The summed E-state index contributed by atoms with van der Waals surface area (Å²) in [6, 6.07) is 5.39. The first-order chi connectivity index (χ1) is 13.9. The normalized spacial score (nSPS) is 12.5. The van der Waals surface area contributed by atoms with Crippen LogP contribution in [0.5, 0.6) is 0 Å². The molecule has 8 nitrogen and oxygen atoms in total. The van der Waals surface area contributed by atoms with Gasteiger partial charge in [-0.3, -0.25) is 4.79 Å². The molecule has 1 heterocycles. The monoisotopic (exact) mass is 434 g/mol. The van der Waals surface area contributed by atoms with Gasteiger partial charge in [0.25, 0.3) is 5.22 Å². The molecule has 2 aromatic rings. The summed E-state index contributed by atoms with van der Waals surface area (Å²) in [5.41, 5.74) is 2.24. The molecule has 0 saturated carbocycles. The molecule has 164 valence electrons. The smallest absolute Gasteiger partial charge is 0.408 e. The SMILES string of the molecule is Cc1ccc(C)c(NC(=O)CSc2nnc([C@H](NC(=O)OC(C)(C)C)C(C)C)o2)c1. The Labute approximate surface area is 181 Å². The highest BCUT2D eigenvalue weighted by Gasteiger charge is 2.27. The first-order valence-electron chi connectivity index (χ1n) is 9.77. The Bertz CT molecular complexity index is 889. The van der Waals surface area contributed by atoms with E-state index in [0.29, 0.717) is 0 Å². The largest absolute Gasteiger partial charge is 0.444 e. The summed E-state index contributed by atoms with van der Waals surface area (Å²) in [7, 11) is 0. The predicted molar refractivity (Wildman–Crippen MR) is 117 cm³/mol. The number of hydrogen-bond donors (Lipinski definition) is 2. The van der Waals surface area contributed by atoms with Gasteiger partial charge in [0.2, 0.25) is 11.8 Å². The van der Waals surface area contributed by atoms with Gasteiger partial charge in [-0.05, 0) is 57.7 Å². The van der Waals surface area contributed by atoms with Crippen molar-refractivity contribution >= 4 is 29.4 Å². The topological polar surface area (TPSA) is 106 Å².